The zero-order valence-electron chi connectivity index (χ0n) is 24.2. The summed E-state index contributed by atoms with van der Waals surface area (Å²) in [5.41, 5.74) is 2.15. The predicted molar refractivity (Wildman–Crippen MR) is 168 cm³/mol. The lowest BCUT2D eigenvalue weighted by Crippen LogP contribution is -2.47. The molecular formula is C32H39N5O4S. The van der Waals surface area contributed by atoms with Gasteiger partial charge in [-0.3, -0.25) is 4.90 Å². The van der Waals surface area contributed by atoms with Crippen molar-refractivity contribution in [1.82, 2.24) is 19.7 Å². The van der Waals surface area contributed by atoms with E-state index in [0.29, 0.717) is 25.6 Å². The number of nitrogens with zero attached hydrogens (tertiary/aromatic N) is 5. The predicted octanol–water partition coefficient (Wildman–Crippen LogP) is 5.15. The third-order valence-electron chi connectivity index (χ3n) is 8.11. The molecule has 2 saturated heterocycles. The van der Waals surface area contributed by atoms with Crippen LogP contribution in [-0.4, -0.2) is 105 Å². The van der Waals surface area contributed by atoms with Gasteiger partial charge in [-0.25, -0.2) is 9.78 Å². The molecule has 2 aromatic carbocycles. The molecule has 0 bridgehead atoms. The van der Waals surface area contributed by atoms with Crippen LogP contribution in [0.4, 0.5) is 10.5 Å². The molecule has 0 N–H and O–H groups in total. The molecule has 10 heteroatoms. The van der Waals surface area contributed by atoms with Gasteiger partial charge in [0.1, 0.15) is 5.75 Å². The fourth-order valence-corrected chi connectivity index (χ4v) is 6.37. The summed E-state index contributed by atoms with van der Waals surface area (Å²) in [6, 6.07) is 18.5. The number of fused-ring (bicyclic) bond motifs is 2. The molecule has 0 radical (unpaired) electrons. The Balaban J connectivity index is 0.902. The molecule has 0 unspecified atom stereocenters. The van der Waals surface area contributed by atoms with Gasteiger partial charge in [-0.15, -0.1) is 11.3 Å². The van der Waals surface area contributed by atoms with Crippen LogP contribution in [0.5, 0.6) is 11.6 Å². The summed E-state index contributed by atoms with van der Waals surface area (Å²) in [6.07, 6.45) is 1.76. The summed E-state index contributed by atoms with van der Waals surface area (Å²) in [5.74, 6) is 1.21. The van der Waals surface area contributed by atoms with Crippen LogP contribution < -0.4 is 14.4 Å². The number of likely N-dealkylation sites (N-methyl/N-ethyl adjacent to an activating group) is 1. The van der Waals surface area contributed by atoms with Gasteiger partial charge in [0, 0.05) is 85.7 Å². The molecule has 2 aromatic heterocycles. The molecule has 9 nitrogen and oxygen atoms in total. The van der Waals surface area contributed by atoms with Gasteiger partial charge in [-0.05, 0) is 68.2 Å². The quantitative estimate of drug-likeness (QED) is 0.186. The number of piperazine rings is 2. The lowest BCUT2D eigenvalue weighted by Gasteiger charge is -2.36. The Labute approximate surface area is 251 Å². The van der Waals surface area contributed by atoms with Crippen molar-refractivity contribution in [2.75, 3.05) is 84.3 Å². The van der Waals surface area contributed by atoms with Crippen molar-refractivity contribution in [3.05, 3.63) is 60.0 Å². The number of rotatable bonds is 10. The number of amides is 1. The minimum Gasteiger partial charge on any atom is -0.494 e. The van der Waals surface area contributed by atoms with E-state index in [1.165, 1.54) is 15.8 Å². The first-order valence-electron chi connectivity index (χ1n) is 14.8. The average Bonchev–Trinajstić information content (AvgIpc) is 3.51. The van der Waals surface area contributed by atoms with Crippen molar-refractivity contribution < 1.29 is 19.0 Å². The van der Waals surface area contributed by atoms with Gasteiger partial charge in [0.15, 0.2) is 0 Å². The maximum absolute atomic E-state index is 12.3. The molecule has 1 amide bonds. The van der Waals surface area contributed by atoms with Crippen molar-refractivity contribution in [2.24, 2.45) is 0 Å². The number of thiophene rings is 1. The van der Waals surface area contributed by atoms with E-state index in [1.54, 1.807) is 11.0 Å². The van der Waals surface area contributed by atoms with Gasteiger partial charge in [-0.2, -0.15) is 0 Å². The number of pyridine rings is 1. The molecule has 4 heterocycles. The molecule has 0 saturated carbocycles. The summed E-state index contributed by atoms with van der Waals surface area (Å²) >= 11 is 1.81. The summed E-state index contributed by atoms with van der Waals surface area (Å²) in [6.45, 7) is 8.95. The summed E-state index contributed by atoms with van der Waals surface area (Å²) < 4.78 is 18.3. The number of unbranched alkanes of at least 4 members (excludes halogenated alkanes) is 1. The molecule has 4 aromatic rings. The number of ether oxygens (including phenoxy) is 3. The number of benzene rings is 2. The van der Waals surface area contributed by atoms with Crippen LogP contribution in [-0.2, 0) is 4.74 Å². The third kappa shape index (κ3) is 7.06. The monoisotopic (exact) mass is 589 g/mol. The van der Waals surface area contributed by atoms with Gasteiger partial charge in [0.2, 0.25) is 12.7 Å². The second-order valence-corrected chi connectivity index (χ2v) is 11.9. The SMILES string of the molecule is CN1CCN(C(=O)OCOc2ccc3ccc(OCCCCN4CCN(c5cccc6sccc56)CC4)cc3n2)CC1. The lowest BCUT2D eigenvalue weighted by atomic mass is 10.2. The van der Waals surface area contributed by atoms with E-state index < -0.39 is 0 Å². The molecule has 6 rings (SSSR count). The molecule has 2 fully saturated rings. The standard InChI is InChI=1S/C32H39N5O4S/c1-34-13-17-37(18-14-34)32(38)41-24-40-31-10-8-25-7-9-26(23-28(25)33-31)39-21-3-2-12-35-15-19-36(20-16-35)29-5-4-6-30-27(29)11-22-42-30/h4-11,22-23H,2-3,12-21,24H2,1H3. The minimum absolute atomic E-state index is 0.167. The van der Waals surface area contributed by atoms with E-state index in [9.17, 15) is 4.79 Å². The smallest absolute Gasteiger partial charge is 0.412 e. The number of hydrogen-bond acceptors (Lipinski definition) is 9. The molecule has 0 atom stereocenters. The van der Waals surface area contributed by atoms with Crippen LogP contribution in [0, 0.1) is 0 Å². The van der Waals surface area contributed by atoms with Crippen molar-refractivity contribution in [2.45, 2.75) is 12.8 Å². The molecule has 222 valence electrons. The van der Waals surface area contributed by atoms with Crippen LogP contribution in [0.25, 0.3) is 21.0 Å². The summed E-state index contributed by atoms with van der Waals surface area (Å²) in [5, 5.41) is 4.56. The second-order valence-electron chi connectivity index (χ2n) is 11.0. The van der Waals surface area contributed by atoms with Crippen molar-refractivity contribution in [1.29, 1.82) is 0 Å². The Morgan fingerprint density at radius 3 is 2.60 bits per heavy atom. The average molecular weight is 590 g/mol. The fourth-order valence-electron chi connectivity index (χ4n) is 5.56. The van der Waals surface area contributed by atoms with E-state index in [1.807, 2.05) is 42.6 Å². The van der Waals surface area contributed by atoms with Gasteiger partial charge in [0.05, 0.1) is 12.1 Å². The van der Waals surface area contributed by atoms with Crippen molar-refractivity contribution in [3.8, 4) is 11.6 Å². The Morgan fingerprint density at radius 2 is 1.74 bits per heavy atom. The van der Waals surface area contributed by atoms with Gasteiger partial charge >= 0.3 is 6.09 Å². The molecule has 2 aliphatic rings. The van der Waals surface area contributed by atoms with E-state index >= 15 is 0 Å². The van der Waals surface area contributed by atoms with Gasteiger partial charge < -0.3 is 28.9 Å². The number of anilines is 1. The topological polar surface area (TPSA) is 70.6 Å². The van der Waals surface area contributed by atoms with Gasteiger partial charge in [0.25, 0.3) is 0 Å². The Bertz CT molecular complexity index is 1480. The lowest BCUT2D eigenvalue weighted by molar-refractivity contribution is 0.0248. The molecule has 0 spiro atoms. The maximum Gasteiger partial charge on any atom is 0.412 e. The first kappa shape index (κ1) is 28.5. The molecule has 42 heavy (non-hydrogen) atoms. The van der Waals surface area contributed by atoms with Crippen molar-refractivity contribution in [3.63, 3.8) is 0 Å². The fraction of sp³-hybridized carbons (Fsp3) is 0.438. The van der Waals surface area contributed by atoms with Crippen LogP contribution in [0.15, 0.2) is 60.0 Å². The first-order chi connectivity index (χ1) is 20.6. The Hall–Kier alpha value is -3.60. The summed E-state index contributed by atoms with van der Waals surface area (Å²) in [4.78, 5) is 25.8. The second kappa shape index (κ2) is 13.6. The van der Waals surface area contributed by atoms with E-state index in [-0.39, 0.29) is 12.9 Å². The van der Waals surface area contributed by atoms with Crippen molar-refractivity contribution >= 4 is 44.1 Å². The van der Waals surface area contributed by atoms with Crippen LogP contribution in [0.2, 0.25) is 0 Å². The van der Waals surface area contributed by atoms with Crippen LogP contribution >= 0.6 is 11.3 Å². The molecule has 2 aliphatic heterocycles. The highest BCUT2D eigenvalue weighted by molar-refractivity contribution is 7.17. The molecular weight excluding hydrogens is 550 g/mol. The van der Waals surface area contributed by atoms with E-state index in [4.69, 9.17) is 14.2 Å². The minimum atomic E-state index is -0.353. The largest absolute Gasteiger partial charge is 0.494 e. The zero-order valence-corrected chi connectivity index (χ0v) is 25.1. The van der Waals surface area contributed by atoms with Gasteiger partial charge in [-0.1, -0.05) is 6.07 Å². The maximum atomic E-state index is 12.3. The highest BCUT2D eigenvalue weighted by Crippen LogP contribution is 2.31. The number of carbonyl (C=O) groups excluding carboxylic acids is 1. The summed E-state index contributed by atoms with van der Waals surface area (Å²) in [7, 11) is 2.05. The highest BCUT2D eigenvalue weighted by atomic mass is 32.1. The third-order valence-corrected chi connectivity index (χ3v) is 8.99. The zero-order chi connectivity index (χ0) is 28.7. The number of carbonyl (C=O) groups is 1. The van der Waals surface area contributed by atoms with Crippen LogP contribution in [0.1, 0.15) is 12.8 Å². The van der Waals surface area contributed by atoms with Crippen LogP contribution in [0.3, 0.4) is 0 Å². The number of aromatic nitrogens is 1. The number of hydrogen-bond donors (Lipinski definition) is 0. The van der Waals surface area contributed by atoms with E-state index in [2.05, 4.69) is 49.3 Å². The Kier molecular flexibility index (Phi) is 9.22. The highest BCUT2D eigenvalue weighted by Gasteiger charge is 2.21. The first-order valence-corrected chi connectivity index (χ1v) is 15.7. The Morgan fingerprint density at radius 1 is 0.905 bits per heavy atom. The van der Waals surface area contributed by atoms with E-state index in [0.717, 1.165) is 75.3 Å². The normalized spacial score (nSPS) is 16.7. The molecule has 0 aliphatic carbocycles.